The summed E-state index contributed by atoms with van der Waals surface area (Å²) in [6.07, 6.45) is 3.80. The van der Waals surface area contributed by atoms with Crippen molar-refractivity contribution in [1.29, 1.82) is 0 Å². The number of aromatic nitrogens is 2. The van der Waals surface area contributed by atoms with Crippen molar-refractivity contribution >= 4 is 22.8 Å². The number of aryl methyl sites for hydroxylation is 2. The normalized spacial score (nSPS) is 13.6. The lowest BCUT2D eigenvalue weighted by molar-refractivity contribution is -0.149. The molecule has 1 aliphatic carbocycles. The molecule has 1 aromatic heterocycles. The Morgan fingerprint density at radius 2 is 2.11 bits per heavy atom. The fraction of sp³-hybridized carbons (Fsp3) is 0.500. The highest BCUT2D eigenvalue weighted by atomic mass is 16.5. The second-order valence-electron chi connectivity index (χ2n) is 6.99. The van der Waals surface area contributed by atoms with Crippen LogP contribution in [0.25, 0.3) is 10.9 Å². The van der Waals surface area contributed by atoms with E-state index in [1.165, 1.54) is 10.9 Å². The highest BCUT2D eigenvalue weighted by molar-refractivity contribution is 5.82. The topological polar surface area (TPSA) is 81.5 Å². The number of para-hydroxylation sites is 1. The first kappa shape index (κ1) is 19.1. The van der Waals surface area contributed by atoms with Gasteiger partial charge in [0.15, 0.2) is 0 Å². The molecule has 0 aliphatic heterocycles. The molecular formula is C20H25N3O4. The summed E-state index contributed by atoms with van der Waals surface area (Å²) < 4.78 is 6.43. The Morgan fingerprint density at radius 1 is 1.33 bits per heavy atom. The number of carbonyl (C=O) groups is 2. The zero-order valence-corrected chi connectivity index (χ0v) is 15.8. The summed E-state index contributed by atoms with van der Waals surface area (Å²) >= 11 is 0. The number of amides is 1. The van der Waals surface area contributed by atoms with Crippen molar-refractivity contribution in [3.63, 3.8) is 0 Å². The van der Waals surface area contributed by atoms with Gasteiger partial charge in [0.2, 0.25) is 5.91 Å². The van der Waals surface area contributed by atoms with Gasteiger partial charge in [-0.15, -0.1) is 0 Å². The fourth-order valence-corrected chi connectivity index (χ4v) is 3.10. The molecular weight excluding hydrogens is 346 g/mol. The van der Waals surface area contributed by atoms with Gasteiger partial charge in [-0.3, -0.25) is 19.0 Å². The largest absolute Gasteiger partial charge is 0.465 e. The van der Waals surface area contributed by atoms with Crippen molar-refractivity contribution in [2.45, 2.75) is 39.7 Å². The molecule has 2 aromatic rings. The zero-order chi connectivity index (χ0) is 19.4. The van der Waals surface area contributed by atoms with E-state index < -0.39 is 5.97 Å². The average molecular weight is 371 g/mol. The van der Waals surface area contributed by atoms with Crippen molar-refractivity contribution in [2.24, 2.45) is 5.92 Å². The van der Waals surface area contributed by atoms with Gasteiger partial charge in [-0.05, 0) is 44.2 Å². The molecule has 1 amide bonds. The maximum atomic E-state index is 12.6. The van der Waals surface area contributed by atoms with Gasteiger partial charge in [0, 0.05) is 19.5 Å². The van der Waals surface area contributed by atoms with Gasteiger partial charge in [-0.25, -0.2) is 4.98 Å². The maximum Gasteiger partial charge on any atom is 0.325 e. The van der Waals surface area contributed by atoms with E-state index in [1.807, 2.05) is 19.1 Å². The predicted octanol–water partition coefficient (Wildman–Crippen LogP) is 1.90. The summed E-state index contributed by atoms with van der Waals surface area (Å²) in [5.74, 6) is -0.0749. The molecule has 7 nitrogen and oxygen atoms in total. The summed E-state index contributed by atoms with van der Waals surface area (Å²) in [6, 6.07) is 5.48. The Balaban J connectivity index is 1.69. The third-order valence-corrected chi connectivity index (χ3v) is 4.78. The van der Waals surface area contributed by atoms with Gasteiger partial charge in [0.25, 0.3) is 5.56 Å². The Kier molecular flexibility index (Phi) is 5.88. The van der Waals surface area contributed by atoms with Crippen LogP contribution in [-0.4, -0.2) is 46.0 Å². The van der Waals surface area contributed by atoms with Crippen molar-refractivity contribution in [2.75, 3.05) is 19.7 Å². The number of nitrogens with zero attached hydrogens (tertiary/aromatic N) is 3. The van der Waals surface area contributed by atoms with Crippen LogP contribution in [0.4, 0.5) is 0 Å². The SMILES string of the molecule is CCOC(=O)CN(CC1CC1)C(=O)CCn1cnc2c(C)cccc2c1=O. The van der Waals surface area contributed by atoms with Gasteiger partial charge in [-0.2, -0.15) is 0 Å². The van der Waals surface area contributed by atoms with Gasteiger partial charge in [0.05, 0.1) is 23.8 Å². The van der Waals surface area contributed by atoms with Gasteiger partial charge >= 0.3 is 5.97 Å². The summed E-state index contributed by atoms with van der Waals surface area (Å²) in [5, 5.41) is 0.548. The number of ether oxygens (including phenoxy) is 1. The van der Waals surface area contributed by atoms with Crippen LogP contribution in [0.3, 0.4) is 0 Å². The second-order valence-corrected chi connectivity index (χ2v) is 6.99. The molecule has 3 rings (SSSR count). The lowest BCUT2D eigenvalue weighted by Crippen LogP contribution is -2.38. The number of benzene rings is 1. The molecule has 1 aromatic carbocycles. The summed E-state index contributed by atoms with van der Waals surface area (Å²) in [4.78, 5) is 43.0. The van der Waals surface area contributed by atoms with Crippen LogP contribution in [0.5, 0.6) is 0 Å². The molecule has 27 heavy (non-hydrogen) atoms. The minimum absolute atomic E-state index is 0.0345. The molecule has 0 radical (unpaired) electrons. The number of carbonyl (C=O) groups excluding carboxylic acids is 2. The first-order valence-corrected chi connectivity index (χ1v) is 9.37. The molecule has 1 fully saturated rings. The van der Waals surface area contributed by atoms with E-state index in [-0.39, 0.29) is 31.0 Å². The van der Waals surface area contributed by atoms with Crippen molar-refractivity contribution in [3.05, 3.63) is 40.4 Å². The van der Waals surface area contributed by atoms with Gasteiger partial charge in [-0.1, -0.05) is 12.1 Å². The first-order chi connectivity index (χ1) is 13.0. The first-order valence-electron chi connectivity index (χ1n) is 9.37. The molecule has 7 heteroatoms. The summed E-state index contributed by atoms with van der Waals surface area (Å²) in [5.41, 5.74) is 1.47. The monoisotopic (exact) mass is 371 g/mol. The molecule has 144 valence electrons. The van der Waals surface area contributed by atoms with Crippen LogP contribution in [-0.2, 0) is 20.9 Å². The number of hydrogen-bond donors (Lipinski definition) is 0. The zero-order valence-electron chi connectivity index (χ0n) is 15.8. The van der Waals surface area contributed by atoms with E-state index in [4.69, 9.17) is 4.74 Å². The van der Waals surface area contributed by atoms with Crippen LogP contribution in [0.2, 0.25) is 0 Å². The molecule has 0 bridgehead atoms. The quantitative estimate of drug-likeness (QED) is 0.662. The van der Waals surface area contributed by atoms with E-state index in [0.29, 0.717) is 30.0 Å². The highest BCUT2D eigenvalue weighted by Gasteiger charge is 2.28. The van der Waals surface area contributed by atoms with E-state index >= 15 is 0 Å². The third kappa shape index (κ3) is 4.72. The molecule has 1 aliphatic rings. The van der Waals surface area contributed by atoms with Crippen LogP contribution in [0.15, 0.2) is 29.3 Å². The van der Waals surface area contributed by atoms with Crippen molar-refractivity contribution in [1.82, 2.24) is 14.5 Å². The highest BCUT2D eigenvalue weighted by Crippen LogP contribution is 2.29. The van der Waals surface area contributed by atoms with E-state index in [9.17, 15) is 14.4 Å². The average Bonchev–Trinajstić information content (AvgIpc) is 3.45. The molecule has 0 atom stereocenters. The van der Waals surface area contributed by atoms with E-state index in [2.05, 4.69) is 4.98 Å². The minimum atomic E-state index is -0.397. The molecule has 0 N–H and O–H groups in total. The van der Waals surface area contributed by atoms with E-state index in [0.717, 1.165) is 18.4 Å². The van der Waals surface area contributed by atoms with Crippen LogP contribution in [0, 0.1) is 12.8 Å². The summed E-state index contributed by atoms with van der Waals surface area (Å²) in [7, 11) is 0. The number of fused-ring (bicyclic) bond motifs is 1. The third-order valence-electron chi connectivity index (χ3n) is 4.78. The fourth-order valence-electron chi connectivity index (χ4n) is 3.10. The van der Waals surface area contributed by atoms with Crippen molar-refractivity contribution < 1.29 is 14.3 Å². The van der Waals surface area contributed by atoms with Crippen LogP contribution < -0.4 is 5.56 Å². The number of rotatable bonds is 8. The Hall–Kier alpha value is -2.70. The lowest BCUT2D eigenvalue weighted by Gasteiger charge is -2.21. The Labute approximate surface area is 157 Å². The molecule has 0 spiro atoms. The van der Waals surface area contributed by atoms with Gasteiger partial charge < -0.3 is 9.64 Å². The van der Waals surface area contributed by atoms with Crippen LogP contribution in [0.1, 0.15) is 31.7 Å². The summed E-state index contributed by atoms with van der Waals surface area (Å²) in [6.45, 7) is 4.72. The Bertz CT molecular complexity index is 902. The minimum Gasteiger partial charge on any atom is -0.465 e. The smallest absolute Gasteiger partial charge is 0.325 e. The second kappa shape index (κ2) is 8.33. The molecule has 1 heterocycles. The number of esters is 1. The van der Waals surface area contributed by atoms with E-state index in [1.54, 1.807) is 17.9 Å². The molecule has 0 saturated heterocycles. The molecule has 1 saturated carbocycles. The van der Waals surface area contributed by atoms with Gasteiger partial charge in [0.1, 0.15) is 6.54 Å². The Morgan fingerprint density at radius 3 is 2.81 bits per heavy atom. The van der Waals surface area contributed by atoms with Crippen molar-refractivity contribution in [3.8, 4) is 0 Å². The molecule has 0 unspecified atom stereocenters. The van der Waals surface area contributed by atoms with Crippen LogP contribution >= 0.6 is 0 Å². The predicted molar refractivity (Wildman–Crippen MR) is 101 cm³/mol. The maximum absolute atomic E-state index is 12.6. The standard InChI is InChI=1S/C20H25N3O4/c1-3-27-18(25)12-23(11-15-7-8-15)17(24)9-10-22-13-21-19-14(2)5-4-6-16(19)20(22)26/h4-6,13,15H,3,7-12H2,1-2H3. The lowest BCUT2D eigenvalue weighted by atomic mass is 10.1. The number of hydrogen-bond acceptors (Lipinski definition) is 5.